The van der Waals surface area contributed by atoms with E-state index in [9.17, 15) is 0 Å². The summed E-state index contributed by atoms with van der Waals surface area (Å²) in [5, 5.41) is 0. The smallest absolute Gasteiger partial charge is 0.227 e. The largest absolute Gasteiger partial charge is 0.436 e. The van der Waals surface area contributed by atoms with E-state index in [0.29, 0.717) is 5.89 Å². The summed E-state index contributed by atoms with van der Waals surface area (Å²) in [5.74, 6) is 0.599. The standard InChI is InChI=1S/C22H14Br2N2O/c23-17-7-1-4-15(12-17)5-3-11-25-19-9-10-21-20(14-19)26-22(27-21)16-6-2-8-18(24)13-16/h1-14H/b5-3+,25-11?. The Hall–Kier alpha value is -2.50. The second-order valence-corrected chi connectivity index (χ2v) is 7.71. The molecular weight excluding hydrogens is 468 g/mol. The van der Waals surface area contributed by atoms with Crippen LogP contribution in [0.2, 0.25) is 0 Å². The number of fused-ring (bicyclic) bond motifs is 1. The highest BCUT2D eigenvalue weighted by atomic mass is 79.9. The van der Waals surface area contributed by atoms with Crippen LogP contribution < -0.4 is 0 Å². The molecule has 3 nitrogen and oxygen atoms in total. The Morgan fingerprint density at radius 2 is 1.70 bits per heavy atom. The van der Waals surface area contributed by atoms with Crippen molar-refractivity contribution in [2.45, 2.75) is 0 Å². The number of oxazole rings is 1. The third-order valence-electron chi connectivity index (χ3n) is 3.89. The Balaban J connectivity index is 1.54. The Bertz CT molecular complexity index is 1160. The van der Waals surface area contributed by atoms with Crippen molar-refractivity contribution in [1.29, 1.82) is 0 Å². The minimum absolute atomic E-state index is 0.599. The van der Waals surface area contributed by atoms with Crippen LogP contribution in [0, 0.1) is 0 Å². The minimum Gasteiger partial charge on any atom is -0.436 e. The molecule has 0 atom stereocenters. The number of rotatable bonds is 4. The molecule has 0 saturated heterocycles. The van der Waals surface area contributed by atoms with Gasteiger partial charge in [0.05, 0.1) is 5.69 Å². The molecule has 5 heteroatoms. The zero-order chi connectivity index (χ0) is 18.6. The number of benzene rings is 3. The van der Waals surface area contributed by atoms with Gasteiger partial charge >= 0.3 is 0 Å². The highest BCUT2D eigenvalue weighted by Crippen LogP contribution is 2.28. The van der Waals surface area contributed by atoms with Crippen LogP contribution >= 0.6 is 31.9 Å². The zero-order valence-corrected chi connectivity index (χ0v) is 17.3. The summed E-state index contributed by atoms with van der Waals surface area (Å²) >= 11 is 6.94. The lowest BCUT2D eigenvalue weighted by Gasteiger charge is -1.94. The molecule has 4 aromatic rings. The van der Waals surface area contributed by atoms with E-state index in [2.05, 4.69) is 47.9 Å². The third-order valence-corrected chi connectivity index (χ3v) is 4.88. The molecule has 0 aliphatic heterocycles. The minimum atomic E-state index is 0.599. The first-order chi connectivity index (χ1) is 13.2. The molecule has 1 aromatic heterocycles. The van der Waals surface area contributed by atoms with Crippen molar-refractivity contribution in [3.8, 4) is 11.5 Å². The van der Waals surface area contributed by atoms with Gasteiger partial charge in [-0.25, -0.2) is 4.98 Å². The average Bonchev–Trinajstić information content (AvgIpc) is 3.09. The van der Waals surface area contributed by atoms with E-state index in [-0.39, 0.29) is 0 Å². The predicted molar refractivity (Wildman–Crippen MR) is 118 cm³/mol. The second-order valence-electron chi connectivity index (χ2n) is 5.87. The van der Waals surface area contributed by atoms with Gasteiger partial charge in [-0.3, -0.25) is 4.99 Å². The summed E-state index contributed by atoms with van der Waals surface area (Å²) in [7, 11) is 0. The summed E-state index contributed by atoms with van der Waals surface area (Å²) in [4.78, 5) is 9.06. The SMILES string of the molecule is Brc1cccc(/C=C/C=Nc2ccc3oc(-c4cccc(Br)c4)nc3c2)c1. The van der Waals surface area contributed by atoms with Crippen molar-refractivity contribution in [2.24, 2.45) is 4.99 Å². The van der Waals surface area contributed by atoms with Crippen LogP contribution in [0.25, 0.3) is 28.6 Å². The van der Waals surface area contributed by atoms with E-state index in [0.717, 1.165) is 36.9 Å². The Labute approximate surface area is 173 Å². The molecule has 0 saturated carbocycles. The lowest BCUT2D eigenvalue weighted by atomic mass is 10.2. The number of hydrogen-bond acceptors (Lipinski definition) is 3. The van der Waals surface area contributed by atoms with Crippen molar-refractivity contribution in [3.63, 3.8) is 0 Å². The molecule has 0 fully saturated rings. The van der Waals surface area contributed by atoms with E-state index >= 15 is 0 Å². The molecule has 0 spiro atoms. The first-order valence-electron chi connectivity index (χ1n) is 8.30. The normalized spacial score (nSPS) is 11.8. The maximum Gasteiger partial charge on any atom is 0.227 e. The van der Waals surface area contributed by atoms with Gasteiger partial charge in [0.2, 0.25) is 5.89 Å². The van der Waals surface area contributed by atoms with Crippen molar-refractivity contribution in [1.82, 2.24) is 4.98 Å². The maximum absolute atomic E-state index is 5.86. The van der Waals surface area contributed by atoms with Gasteiger partial charge in [0, 0.05) is 20.7 Å². The summed E-state index contributed by atoms with van der Waals surface area (Å²) in [5.41, 5.74) is 4.41. The molecule has 4 rings (SSSR count). The maximum atomic E-state index is 5.86. The third kappa shape index (κ3) is 4.43. The summed E-state index contributed by atoms with van der Waals surface area (Å²) in [6, 6.07) is 21.7. The van der Waals surface area contributed by atoms with Gasteiger partial charge in [-0.05, 0) is 60.2 Å². The van der Waals surface area contributed by atoms with Gasteiger partial charge in [0.25, 0.3) is 0 Å². The molecule has 1 heterocycles. The molecule has 0 unspecified atom stereocenters. The Morgan fingerprint density at radius 3 is 2.52 bits per heavy atom. The predicted octanol–water partition coefficient (Wildman–Crippen LogP) is 7.44. The van der Waals surface area contributed by atoms with E-state index < -0.39 is 0 Å². The molecule has 3 aromatic carbocycles. The molecule has 0 radical (unpaired) electrons. The molecule has 27 heavy (non-hydrogen) atoms. The van der Waals surface area contributed by atoms with Gasteiger partial charge in [0.15, 0.2) is 5.58 Å². The molecule has 132 valence electrons. The van der Waals surface area contributed by atoms with Crippen molar-refractivity contribution < 1.29 is 4.42 Å². The topological polar surface area (TPSA) is 38.4 Å². The van der Waals surface area contributed by atoms with E-state index in [1.54, 1.807) is 6.21 Å². The van der Waals surface area contributed by atoms with Crippen LogP contribution in [0.1, 0.15) is 5.56 Å². The quantitative estimate of drug-likeness (QED) is 0.284. The van der Waals surface area contributed by atoms with Crippen molar-refractivity contribution in [3.05, 3.63) is 87.3 Å². The van der Waals surface area contributed by atoms with Gasteiger partial charge in [-0.1, -0.05) is 56.1 Å². The summed E-state index contributed by atoms with van der Waals surface area (Å²) in [6.45, 7) is 0. The van der Waals surface area contributed by atoms with Crippen LogP contribution in [0.15, 0.2) is 91.2 Å². The molecule has 0 aliphatic carbocycles. The van der Waals surface area contributed by atoms with Crippen LogP contribution in [0.5, 0.6) is 0 Å². The monoisotopic (exact) mass is 480 g/mol. The van der Waals surface area contributed by atoms with Crippen LogP contribution in [-0.2, 0) is 0 Å². The van der Waals surface area contributed by atoms with E-state index in [1.807, 2.05) is 72.8 Å². The van der Waals surface area contributed by atoms with Gasteiger partial charge in [-0.15, -0.1) is 0 Å². The van der Waals surface area contributed by atoms with Crippen LogP contribution in [-0.4, -0.2) is 11.2 Å². The van der Waals surface area contributed by atoms with Crippen LogP contribution in [0.4, 0.5) is 5.69 Å². The van der Waals surface area contributed by atoms with E-state index in [1.165, 1.54) is 0 Å². The fourth-order valence-electron chi connectivity index (χ4n) is 2.63. The summed E-state index contributed by atoms with van der Waals surface area (Å²) in [6.07, 6.45) is 5.70. The highest BCUT2D eigenvalue weighted by molar-refractivity contribution is 9.10. The Kier molecular flexibility index (Phi) is 5.32. The van der Waals surface area contributed by atoms with Gasteiger partial charge in [0.1, 0.15) is 5.52 Å². The number of allylic oxidation sites excluding steroid dienone is 1. The average molecular weight is 482 g/mol. The van der Waals surface area contributed by atoms with E-state index in [4.69, 9.17) is 4.42 Å². The molecule has 0 bridgehead atoms. The lowest BCUT2D eigenvalue weighted by molar-refractivity contribution is 0.620. The van der Waals surface area contributed by atoms with Crippen molar-refractivity contribution >= 4 is 60.9 Å². The number of halogens is 2. The first-order valence-corrected chi connectivity index (χ1v) is 9.89. The first kappa shape index (κ1) is 17.9. The van der Waals surface area contributed by atoms with Crippen molar-refractivity contribution in [2.75, 3.05) is 0 Å². The molecule has 0 amide bonds. The number of aromatic nitrogens is 1. The number of nitrogens with zero attached hydrogens (tertiary/aromatic N) is 2. The lowest BCUT2D eigenvalue weighted by Crippen LogP contribution is -1.76. The zero-order valence-electron chi connectivity index (χ0n) is 14.1. The van der Waals surface area contributed by atoms with Gasteiger partial charge in [-0.2, -0.15) is 0 Å². The van der Waals surface area contributed by atoms with Gasteiger partial charge < -0.3 is 4.42 Å². The number of hydrogen-bond donors (Lipinski definition) is 0. The molecule has 0 aliphatic rings. The number of aliphatic imine (C=N–C) groups is 1. The summed E-state index contributed by atoms with van der Waals surface area (Å²) < 4.78 is 7.90. The highest BCUT2D eigenvalue weighted by Gasteiger charge is 2.08. The molecule has 0 N–H and O–H groups in total. The fraction of sp³-hybridized carbons (Fsp3) is 0. The molecular formula is C22H14Br2N2O. The second kappa shape index (κ2) is 8.03. The fourth-order valence-corrected chi connectivity index (χ4v) is 3.45. The van der Waals surface area contributed by atoms with Crippen LogP contribution in [0.3, 0.4) is 0 Å². The Morgan fingerprint density at radius 1 is 0.889 bits per heavy atom.